The van der Waals surface area contributed by atoms with Crippen molar-refractivity contribution in [3.63, 3.8) is 0 Å². The van der Waals surface area contributed by atoms with Gasteiger partial charge in [-0.05, 0) is 23.8 Å². The Balaban J connectivity index is 2.12. The van der Waals surface area contributed by atoms with Crippen LogP contribution >= 0.6 is 0 Å². The number of hydrogen-bond donors (Lipinski definition) is 2. The molecule has 0 radical (unpaired) electrons. The van der Waals surface area contributed by atoms with Crippen LogP contribution in [-0.4, -0.2) is 30.9 Å². The first-order valence-corrected chi connectivity index (χ1v) is 7.97. The molecule has 8 nitrogen and oxygen atoms in total. The zero-order valence-electron chi connectivity index (χ0n) is 12.2. The Morgan fingerprint density at radius 2 is 2.00 bits per heavy atom. The zero-order valence-corrected chi connectivity index (χ0v) is 13.0. The first-order chi connectivity index (χ1) is 10.9. The highest BCUT2D eigenvalue weighted by atomic mass is 32.2. The molecule has 1 aromatic heterocycles. The summed E-state index contributed by atoms with van der Waals surface area (Å²) < 4.78 is 31.6. The maximum atomic E-state index is 11.4. The molecule has 0 aliphatic heterocycles. The number of hydrogen-bond acceptors (Lipinski definition) is 6. The van der Waals surface area contributed by atoms with E-state index in [0.29, 0.717) is 11.1 Å². The van der Waals surface area contributed by atoms with Gasteiger partial charge in [-0.1, -0.05) is 18.2 Å². The molecule has 0 bridgehead atoms. The fourth-order valence-corrected chi connectivity index (χ4v) is 2.51. The topological polar surface area (TPSA) is 121 Å². The molecule has 0 saturated carbocycles. The lowest BCUT2D eigenvalue weighted by molar-refractivity contribution is 0.0962. The van der Waals surface area contributed by atoms with E-state index in [9.17, 15) is 13.2 Å². The number of aromatic nitrogens is 1. The molecule has 2 N–H and O–H groups in total. The lowest BCUT2D eigenvalue weighted by atomic mass is 10.2. The summed E-state index contributed by atoms with van der Waals surface area (Å²) in [5, 5.41) is 10.2. The van der Waals surface area contributed by atoms with E-state index in [-0.39, 0.29) is 23.2 Å². The lowest BCUT2D eigenvalue weighted by Gasteiger charge is -2.03. The zero-order chi connectivity index (χ0) is 16.9. The van der Waals surface area contributed by atoms with Crippen LogP contribution in [0.3, 0.4) is 0 Å². The van der Waals surface area contributed by atoms with Crippen LogP contribution in [0, 0.1) is 0 Å². The van der Waals surface area contributed by atoms with Gasteiger partial charge in [0.25, 0.3) is 16.0 Å². The van der Waals surface area contributed by atoms with Gasteiger partial charge in [-0.25, -0.2) is 4.98 Å². The minimum atomic E-state index is -4.31. The molecule has 1 heterocycles. The van der Waals surface area contributed by atoms with Crippen LogP contribution in [0.15, 0.2) is 57.7 Å². The maximum Gasteiger partial charge on any atom is 0.294 e. The molecule has 2 aromatic rings. The second-order valence-electron chi connectivity index (χ2n) is 4.47. The van der Waals surface area contributed by atoms with Gasteiger partial charge in [0.05, 0.1) is 17.0 Å². The summed E-state index contributed by atoms with van der Waals surface area (Å²) in [5.41, 5.74) is 0.712. The summed E-state index contributed by atoms with van der Waals surface area (Å²) in [6, 6.07) is 9.02. The first-order valence-electron chi connectivity index (χ1n) is 6.53. The number of rotatable bonds is 5. The molecule has 0 aliphatic carbocycles. The average Bonchev–Trinajstić information content (AvgIpc) is 2.54. The number of azo groups is 1. The van der Waals surface area contributed by atoms with Crippen LogP contribution in [0.5, 0.6) is 0 Å². The number of carbonyl (C=O) groups is 1. The number of benzene rings is 1. The van der Waals surface area contributed by atoms with E-state index < -0.39 is 10.1 Å². The molecule has 0 aliphatic rings. The van der Waals surface area contributed by atoms with Gasteiger partial charge in [0.1, 0.15) is 0 Å². The quantitative estimate of drug-likeness (QED) is 0.639. The summed E-state index contributed by atoms with van der Waals surface area (Å²) in [5.74, 6) is 0.0186. The minimum absolute atomic E-state index is 0.0329. The summed E-state index contributed by atoms with van der Waals surface area (Å²) in [6.07, 6.45) is 1.36. The molecule has 120 valence electrons. The molecule has 0 saturated heterocycles. The van der Waals surface area contributed by atoms with Crippen LogP contribution in [0.2, 0.25) is 0 Å². The van der Waals surface area contributed by atoms with Crippen LogP contribution < -0.4 is 5.32 Å². The maximum absolute atomic E-state index is 11.4. The van der Waals surface area contributed by atoms with Crippen molar-refractivity contribution in [2.24, 2.45) is 10.2 Å². The van der Waals surface area contributed by atoms with E-state index in [2.05, 4.69) is 20.5 Å². The lowest BCUT2D eigenvalue weighted by Crippen LogP contribution is -2.17. The molecule has 2 rings (SSSR count). The van der Waals surface area contributed by atoms with Gasteiger partial charge in [0.2, 0.25) is 0 Å². The van der Waals surface area contributed by atoms with Crippen molar-refractivity contribution in [3.05, 3.63) is 53.7 Å². The van der Waals surface area contributed by atoms with Gasteiger partial charge < -0.3 is 5.32 Å². The third kappa shape index (κ3) is 4.41. The number of pyridine rings is 1. The molecule has 0 fully saturated rings. The highest BCUT2D eigenvalue weighted by Crippen LogP contribution is 2.17. The molecule has 23 heavy (non-hydrogen) atoms. The van der Waals surface area contributed by atoms with Crippen molar-refractivity contribution in [1.82, 2.24) is 10.3 Å². The predicted octanol–water partition coefficient (Wildman–Crippen LogP) is 1.97. The third-order valence-corrected chi connectivity index (χ3v) is 3.86. The Morgan fingerprint density at radius 1 is 1.26 bits per heavy atom. The van der Waals surface area contributed by atoms with Crippen LogP contribution in [0.1, 0.15) is 15.9 Å². The smallest absolute Gasteiger partial charge is 0.294 e. The number of nitrogens with one attached hydrogen (secondary N) is 1. The van der Waals surface area contributed by atoms with Gasteiger partial charge in [-0.2, -0.15) is 13.5 Å². The van der Waals surface area contributed by atoms with Crippen LogP contribution in [-0.2, 0) is 16.7 Å². The van der Waals surface area contributed by atoms with E-state index in [0.717, 1.165) is 0 Å². The average molecular weight is 334 g/mol. The number of carbonyl (C=O) groups excluding carboxylic acids is 1. The Hall–Kier alpha value is -2.65. The molecule has 0 atom stereocenters. The summed E-state index contributed by atoms with van der Waals surface area (Å²) >= 11 is 0. The van der Waals surface area contributed by atoms with Crippen molar-refractivity contribution in [2.75, 3.05) is 7.05 Å². The summed E-state index contributed by atoms with van der Waals surface area (Å²) in [6.45, 7) is -0.0329. The molecular formula is C14H14N4O4S. The van der Waals surface area contributed by atoms with E-state index in [4.69, 9.17) is 4.55 Å². The number of nitrogens with zero attached hydrogens (tertiary/aromatic N) is 3. The highest BCUT2D eigenvalue weighted by Gasteiger charge is 2.13. The van der Waals surface area contributed by atoms with E-state index >= 15 is 0 Å². The van der Waals surface area contributed by atoms with Crippen molar-refractivity contribution in [2.45, 2.75) is 11.4 Å². The highest BCUT2D eigenvalue weighted by molar-refractivity contribution is 7.85. The van der Waals surface area contributed by atoms with Gasteiger partial charge in [-0.3, -0.25) is 9.35 Å². The third-order valence-electron chi connectivity index (χ3n) is 2.90. The molecule has 0 unspecified atom stereocenters. The Kier molecular flexibility index (Phi) is 5.14. The Labute approximate surface area is 133 Å². The Morgan fingerprint density at radius 3 is 2.61 bits per heavy atom. The van der Waals surface area contributed by atoms with E-state index in [1.807, 2.05) is 0 Å². The van der Waals surface area contributed by atoms with Crippen molar-refractivity contribution in [3.8, 4) is 0 Å². The number of amides is 1. The summed E-state index contributed by atoms with van der Waals surface area (Å²) in [7, 11) is -2.79. The normalized spacial score (nSPS) is 11.6. The van der Waals surface area contributed by atoms with Crippen LogP contribution in [0.4, 0.5) is 5.82 Å². The SMILES string of the molecule is CNC(=O)c1ccc(N=NCc2ccccc2S(=O)(=O)O)nc1. The van der Waals surface area contributed by atoms with E-state index in [1.165, 1.54) is 37.5 Å². The largest absolute Gasteiger partial charge is 0.355 e. The van der Waals surface area contributed by atoms with Crippen molar-refractivity contribution in [1.29, 1.82) is 0 Å². The molecule has 1 amide bonds. The van der Waals surface area contributed by atoms with Gasteiger partial charge in [0.15, 0.2) is 5.82 Å². The second-order valence-corrected chi connectivity index (χ2v) is 5.86. The molecule has 9 heteroatoms. The van der Waals surface area contributed by atoms with Crippen molar-refractivity contribution >= 4 is 21.8 Å². The monoisotopic (exact) mass is 334 g/mol. The predicted molar refractivity (Wildman–Crippen MR) is 82.1 cm³/mol. The summed E-state index contributed by atoms with van der Waals surface area (Å²) in [4.78, 5) is 15.1. The molecule has 1 aromatic carbocycles. The van der Waals surface area contributed by atoms with Crippen LogP contribution in [0.25, 0.3) is 0 Å². The second kappa shape index (κ2) is 7.07. The minimum Gasteiger partial charge on any atom is -0.355 e. The fraction of sp³-hybridized carbons (Fsp3) is 0.143. The molecule has 0 spiro atoms. The Bertz CT molecular complexity index is 832. The first kappa shape index (κ1) is 16.7. The van der Waals surface area contributed by atoms with Gasteiger partial charge >= 0.3 is 0 Å². The van der Waals surface area contributed by atoms with Gasteiger partial charge in [0, 0.05) is 13.2 Å². The van der Waals surface area contributed by atoms with Crippen molar-refractivity contribution < 1.29 is 17.8 Å². The van der Waals surface area contributed by atoms with Gasteiger partial charge in [-0.15, -0.1) is 5.11 Å². The molecular weight excluding hydrogens is 320 g/mol. The standard InChI is InChI=1S/C14H14N4O4S/c1-15-14(19)11-6-7-13(16-8-11)18-17-9-10-4-2-3-5-12(10)23(20,21)22/h2-8H,9H2,1H3,(H,15,19)(H,20,21,22). The fourth-order valence-electron chi connectivity index (χ4n) is 1.79. The van der Waals surface area contributed by atoms with E-state index in [1.54, 1.807) is 12.1 Å².